The van der Waals surface area contributed by atoms with E-state index in [1.165, 1.54) is 48.5 Å². The summed E-state index contributed by atoms with van der Waals surface area (Å²) >= 11 is 9.50. The van der Waals surface area contributed by atoms with Crippen LogP contribution in [0.25, 0.3) is 0 Å². The van der Waals surface area contributed by atoms with Crippen LogP contribution in [0.4, 0.5) is 20.6 Å². The summed E-state index contributed by atoms with van der Waals surface area (Å²) in [6.45, 7) is -0.581. The molecule has 0 spiro atoms. The molecule has 1 fully saturated rings. The number of carboxylic acid groups (broad SMARTS) is 1. The third-order valence-electron chi connectivity index (χ3n) is 5.54. The van der Waals surface area contributed by atoms with Gasteiger partial charge in [-0.3, -0.25) is 24.4 Å². The molecule has 0 saturated carbocycles. The van der Waals surface area contributed by atoms with Crippen molar-refractivity contribution in [2.75, 3.05) is 16.2 Å². The molecule has 39 heavy (non-hydrogen) atoms. The van der Waals surface area contributed by atoms with Crippen molar-refractivity contribution < 1.29 is 32.3 Å². The number of thiocarbonyl (C=S) groups is 1. The molecule has 9 nitrogen and oxygen atoms in total. The molecule has 1 aliphatic rings. The van der Waals surface area contributed by atoms with Crippen molar-refractivity contribution in [1.29, 1.82) is 0 Å². The van der Waals surface area contributed by atoms with E-state index in [1.807, 2.05) is 0 Å². The Kier molecular flexibility index (Phi) is 8.69. The molecular formula is C25H19BrFN3O6S3. The van der Waals surface area contributed by atoms with Crippen LogP contribution in [0.3, 0.4) is 0 Å². The first kappa shape index (κ1) is 28.7. The van der Waals surface area contributed by atoms with E-state index in [4.69, 9.17) is 12.2 Å². The minimum atomic E-state index is -3.96. The van der Waals surface area contributed by atoms with Crippen LogP contribution >= 0.6 is 39.9 Å². The van der Waals surface area contributed by atoms with E-state index in [-0.39, 0.29) is 33.6 Å². The van der Waals surface area contributed by atoms with Gasteiger partial charge in [-0.15, -0.1) is 0 Å². The smallest absolute Gasteiger partial charge is 0.323 e. The van der Waals surface area contributed by atoms with Crippen LogP contribution in [-0.4, -0.2) is 47.4 Å². The van der Waals surface area contributed by atoms with E-state index in [1.54, 1.807) is 18.2 Å². The molecular weight excluding hydrogens is 633 g/mol. The Morgan fingerprint density at radius 3 is 2.33 bits per heavy atom. The van der Waals surface area contributed by atoms with Crippen molar-refractivity contribution in [1.82, 2.24) is 5.32 Å². The minimum Gasteiger partial charge on any atom is -0.480 e. The zero-order valence-electron chi connectivity index (χ0n) is 19.8. The molecule has 0 bridgehead atoms. The fraction of sp³-hybridized carbons (Fsp3) is 0.120. The molecule has 4 rings (SSSR count). The number of thioether (sulfide) groups is 1. The van der Waals surface area contributed by atoms with Crippen LogP contribution in [-0.2, 0) is 26.0 Å². The summed E-state index contributed by atoms with van der Waals surface area (Å²) in [7, 11) is -3.96. The Bertz CT molecular complexity index is 1570. The number of aliphatic carboxylic acids is 1. The Morgan fingerprint density at radius 1 is 1.10 bits per heavy atom. The van der Waals surface area contributed by atoms with Crippen molar-refractivity contribution in [3.05, 3.63) is 88.1 Å². The largest absolute Gasteiger partial charge is 0.480 e. The minimum absolute atomic E-state index is 0.0104. The van der Waals surface area contributed by atoms with Crippen molar-refractivity contribution >= 4 is 83.4 Å². The Labute approximate surface area is 241 Å². The van der Waals surface area contributed by atoms with Gasteiger partial charge in [0.25, 0.3) is 15.3 Å². The predicted octanol–water partition coefficient (Wildman–Crippen LogP) is 4.55. The van der Waals surface area contributed by atoms with E-state index < -0.39 is 38.8 Å². The molecule has 1 unspecified atom stereocenters. The second kappa shape index (κ2) is 11.8. The molecule has 1 atom stereocenters. The molecule has 14 heteroatoms. The number of carbonyl (C=O) groups excluding carboxylic acids is 2. The number of anilines is 2. The highest BCUT2D eigenvalue weighted by molar-refractivity contribution is 9.10. The van der Waals surface area contributed by atoms with Gasteiger partial charge in [0.2, 0.25) is 5.91 Å². The maximum absolute atomic E-state index is 14.6. The number of hydrogen-bond acceptors (Lipinski definition) is 7. The third kappa shape index (κ3) is 7.01. The third-order valence-corrected chi connectivity index (χ3v) is 8.87. The molecule has 1 heterocycles. The first-order valence-electron chi connectivity index (χ1n) is 11.1. The lowest BCUT2D eigenvalue weighted by atomic mass is 10.1. The maximum atomic E-state index is 14.6. The summed E-state index contributed by atoms with van der Waals surface area (Å²) in [5, 5.41) is 10.6. The molecule has 0 aromatic heterocycles. The molecule has 0 aliphatic carbocycles. The van der Waals surface area contributed by atoms with Gasteiger partial charge in [0, 0.05) is 15.7 Å². The van der Waals surface area contributed by atoms with Crippen molar-refractivity contribution in [2.24, 2.45) is 0 Å². The highest BCUT2D eigenvalue weighted by Gasteiger charge is 2.31. The summed E-state index contributed by atoms with van der Waals surface area (Å²) in [5.41, 5.74) is 1.29. The fourth-order valence-electron chi connectivity index (χ4n) is 3.70. The quantitative estimate of drug-likeness (QED) is 0.285. The van der Waals surface area contributed by atoms with Crippen molar-refractivity contribution in [3.8, 4) is 0 Å². The SMILES string of the molecule is O=C(O)CN(C(=S)c1ccc(NS(=O)(=O)c2ccc(CC3SC(=O)NC3=O)cc2)cc1)c1ccc(Br)cc1F. The Balaban J connectivity index is 1.47. The van der Waals surface area contributed by atoms with Crippen LogP contribution < -0.4 is 14.9 Å². The molecule has 3 aromatic rings. The van der Waals surface area contributed by atoms with Crippen LogP contribution in [0.5, 0.6) is 0 Å². The second-order valence-electron chi connectivity index (χ2n) is 8.29. The summed E-state index contributed by atoms with van der Waals surface area (Å²) < 4.78 is 43.3. The van der Waals surface area contributed by atoms with Crippen molar-refractivity contribution in [2.45, 2.75) is 16.6 Å². The van der Waals surface area contributed by atoms with E-state index in [0.717, 1.165) is 16.7 Å². The summed E-state index contributed by atoms with van der Waals surface area (Å²) in [5.74, 6) is -2.25. The molecule has 0 radical (unpaired) electrons. The van der Waals surface area contributed by atoms with Gasteiger partial charge < -0.3 is 10.0 Å². The number of carboxylic acids is 1. The van der Waals surface area contributed by atoms with Gasteiger partial charge in [-0.1, -0.05) is 52.0 Å². The topological polar surface area (TPSA) is 133 Å². The van der Waals surface area contributed by atoms with Gasteiger partial charge in [-0.05, 0) is 66.6 Å². The molecule has 1 aliphatic heterocycles. The number of carbonyl (C=O) groups is 3. The van der Waals surface area contributed by atoms with Crippen LogP contribution in [0.2, 0.25) is 0 Å². The molecule has 2 amide bonds. The average molecular weight is 653 g/mol. The zero-order chi connectivity index (χ0) is 28.3. The number of halogens is 2. The summed E-state index contributed by atoms with van der Waals surface area (Å²) in [6, 6.07) is 16.0. The van der Waals surface area contributed by atoms with Crippen LogP contribution in [0.1, 0.15) is 11.1 Å². The number of imide groups is 1. The molecule has 202 valence electrons. The van der Waals surface area contributed by atoms with Gasteiger partial charge in [0.15, 0.2) is 0 Å². The van der Waals surface area contributed by atoms with Gasteiger partial charge in [0.1, 0.15) is 17.4 Å². The number of rotatable bonds is 9. The van der Waals surface area contributed by atoms with Crippen molar-refractivity contribution in [3.63, 3.8) is 0 Å². The number of hydrogen-bond donors (Lipinski definition) is 3. The number of benzene rings is 3. The van der Waals surface area contributed by atoms with E-state index in [2.05, 4.69) is 26.0 Å². The van der Waals surface area contributed by atoms with E-state index in [0.29, 0.717) is 15.6 Å². The monoisotopic (exact) mass is 651 g/mol. The number of sulfonamides is 1. The van der Waals surface area contributed by atoms with Crippen LogP contribution in [0.15, 0.2) is 76.1 Å². The Morgan fingerprint density at radius 2 is 1.77 bits per heavy atom. The molecule has 3 N–H and O–H groups in total. The first-order valence-corrected chi connectivity index (χ1v) is 14.7. The number of nitrogens with zero attached hydrogens (tertiary/aromatic N) is 1. The molecule has 1 saturated heterocycles. The highest BCUT2D eigenvalue weighted by Crippen LogP contribution is 2.27. The zero-order valence-corrected chi connectivity index (χ0v) is 23.8. The predicted molar refractivity (Wildman–Crippen MR) is 153 cm³/mol. The van der Waals surface area contributed by atoms with Gasteiger partial charge in [-0.2, -0.15) is 0 Å². The average Bonchev–Trinajstić information content (AvgIpc) is 3.19. The molecule has 3 aromatic carbocycles. The lowest BCUT2D eigenvalue weighted by Gasteiger charge is -2.24. The summed E-state index contributed by atoms with van der Waals surface area (Å²) in [6.07, 6.45) is 0.278. The standard InChI is InChI=1S/C25H19BrFN3O6S3/c26-16-5-10-20(19(27)12-16)30(13-22(31)32)24(37)15-3-6-17(7-4-15)29-39(35,36)18-8-1-14(2-9-18)11-21-23(33)28-25(34)38-21/h1-10,12,21,29H,11,13H2,(H,31,32)(H,28,33,34). The summed E-state index contributed by atoms with van der Waals surface area (Å²) in [4.78, 5) is 35.7. The van der Waals surface area contributed by atoms with E-state index >= 15 is 0 Å². The van der Waals surface area contributed by atoms with Gasteiger partial charge in [-0.25, -0.2) is 12.8 Å². The van der Waals surface area contributed by atoms with E-state index in [9.17, 15) is 32.3 Å². The number of nitrogens with one attached hydrogen (secondary N) is 2. The number of amides is 2. The fourth-order valence-corrected chi connectivity index (χ4v) is 6.25. The van der Waals surface area contributed by atoms with Crippen LogP contribution in [0, 0.1) is 5.82 Å². The second-order valence-corrected chi connectivity index (χ2v) is 12.5. The maximum Gasteiger partial charge on any atom is 0.323 e. The lowest BCUT2D eigenvalue weighted by molar-refractivity contribution is -0.135. The first-order chi connectivity index (χ1) is 18.4. The van der Waals surface area contributed by atoms with Gasteiger partial charge >= 0.3 is 5.97 Å². The normalized spacial score (nSPS) is 15.1. The Hall–Kier alpha value is -3.33. The highest BCUT2D eigenvalue weighted by atomic mass is 79.9. The lowest BCUT2D eigenvalue weighted by Crippen LogP contribution is -2.35. The van der Waals surface area contributed by atoms with Gasteiger partial charge in [0.05, 0.1) is 15.8 Å².